The largest absolute Gasteiger partial charge is 0.352 e. The molecule has 2 heterocycles. The van der Waals surface area contributed by atoms with E-state index in [2.05, 4.69) is 22.9 Å². The second kappa shape index (κ2) is 8.14. The first-order valence-electron chi connectivity index (χ1n) is 11.0. The highest BCUT2D eigenvalue weighted by Crippen LogP contribution is 2.39. The Bertz CT molecular complexity index is 478. The Balaban J connectivity index is 1.30. The van der Waals surface area contributed by atoms with Crippen molar-refractivity contribution >= 4 is 5.91 Å². The van der Waals surface area contributed by atoms with Crippen molar-refractivity contribution in [1.29, 1.82) is 0 Å². The Morgan fingerprint density at radius 1 is 1.04 bits per heavy atom. The fourth-order valence-corrected chi connectivity index (χ4v) is 6.17. The lowest BCUT2D eigenvalue weighted by Gasteiger charge is -2.37. The van der Waals surface area contributed by atoms with Crippen LogP contribution < -0.4 is 16.0 Å². The first kappa shape index (κ1) is 18.7. The monoisotopic (exact) mass is 365 g/mol. The van der Waals surface area contributed by atoms with Gasteiger partial charge in [-0.1, -0.05) is 13.3 Å². The molecule has 26 heavy (non-hydrogen) atoms. The molecule has 4 rings (SSSR count). The number of carbonyl (C=O) groups excluding carboxylic acids is 1. The average molecular weight is 366 g/mol. The van der Waals surface area contributed by atoms with E-state index < -0.39 is 6.17 Å². The van der Waals surface area contributed by atoms with Gasteiger partial charge in [0.1, 0.15) is 6.17 Å². The van der Waals surface area contributed by atoms with Crippen LogP contribution >= 0.6 is 0 Å². The van der Waals surface area contributed by atoms with E-state index in [1.807, 2.05) is 0 Å². The number of carbonyl (C=O) groups is 1. The number of piperidine rings is 1. The molecule has 2 saturated carbocycles. The van der Waals surface area contributed by atoms with Gasteiger partial charge < -0.3 is 16.0 Å². The smallest absolute Gasteiger partial charge is 0.237 e. The summed E-state index contributed by atoms with van der Waals surface area (Å²) in [7, 11) is 0. The van der Waals surface area contributed by atoms with Gasteiger partial charge >= 0.3 is 0 Å². The number of hydrogen-bond acceptors (Lipinski definition) is 3. The van der Waals surface area contributed by atoms with Gasteiger partial charge in [0.2, 0.25) is 5.91 Å². The molecule has 4 nitrogen and oxygen atoms in total. The molecule has 0 radical (unpaired) electrons. The molecule has 0 spiro atoms. The third-order valence-electron chi connectivity index (χ3n) is 7.72. The standard InChI is InChI=1S/C21H36FN3O/c1-13-7-8-18(22)17-11-19(25-20(13)17)21(26)24-16-6-2-4-14(10-16)15-5-3-9-23-12-15/h13-20,23,25H,2-12H2,1H3,(H,24,26)/t13?,14-,15?,16+,17?,18?,19?,20?/m0/s1. The predicted molar refractivity (Wildman–Crippen MR) is 102 cm³/mol. The minimum Gasteiger partial charge on any atom is -0.352 e. The van der Waals surface area contributed by atoms with Crippen molar-refractivity contribution in [2.75, 3.05) is 13.1 Å². The van der Waals surface area contributed by atoms with Crippen molar-refractivity contribution in [3.63, 3.8) is 0 Å². The fourth-order valence-electron chi connectivity index (χ4n) is 6.17. The van der Waals surface area contributed by atoms with Crippen molar-refractivity contribution in [2.45, 2.75) is 89.0 Å². The molecular weight excluding hydrogens is 329 g/mol. The van der Waals surface area contributed by atoms with E-state index in [0.717, 1.165) is 44.2 Å². The van der Waals surface area contributed by atoms with Gasteiger partial charge in [0, 0.05) is 18.0 Å². The van der Waals surface area contributed by atoms with Gasteiger partial charge in [-0.2, -0.15) is 0 Å². The van der Waals surface area contributed by atoms with Crippen LogP contribution in [0.15, 0.2) is 0 Å². The van der Waals surface area contributed by atoms with Crippen molar-refractivity contribution < 1.29 is 9.18 Å². The van der Waals surface area contributed by atoms with Crippen LogP contribution in [0.3, 0.4) is 0 Å². The number of fused-ring (bicyclic) bond motifs is 1. The van der Waals surface area contributed by atoms with E-state index >= 15 is 0 Å². The molecule has 0 bridgehead atoms. The molecule has 4 aliphatic rings. The lowest BCUT2D eigenvalue weighted by Crippen LogP contribution is -2.50. The van der Waals surface area contributed by atoms with Crippen molar-refractivity contribution in [1.82, 2.24) is 16.0 Å². The third-order valence-corrected chi connectivity index (χ3v) is 7.72. The molecule has 2 aliphatic carbocycles. The van der Waals surface area contributed by atoms with Gasteiger partial charge in [-0.3, -0.25) is 4.79 Å². The molecule has 6 unspecified atom stereocenters. The summed E-state index contributed by atoms with van der Waals surface area (Å²) in [6.45, 7) is 4.50. The van der Waals surface area contributed by atoms with Crippen LogP contribution in [0, 0.1) is 23.7 Å². The Hall–Kier alpha value is -0.680. The van der Waals surface area contributed by atoms with Crippen LogP contribution in [0.5, 0.6) is 0 Å². The van der Waals surface area contributed by atoms with E-state index in [1.54, 1.807) is 0 Å². The summed E-state index contributed by atoms with van der Waals surface area (Å²) in [5.74, 6) is 2.15. The number of hydrogen-bond donors (Lipinski definition) is 3. The fraction of sp³-hybridized carbons (Fsp3) is 0.952. The molecular formula is C21H36FN3O. The summed E-state index contributed by atoms with van der Waals surface area (Å²) in [4.78, 5) is 12.8. The maximum absolute atomic E-state index is 14.3. The Labute approximate surface area is 157 Å². The topological polar surface area (TPSA) is 53.2 Å². The van der Waals surface area contributed by atoms with Crippen molar-refractivity contribution in [3.8, 4) is 0 Å². The number of amides is 1. The normalized spacial score (nSPS) is 46.5. The third kappa shape index (κ3) is 3.94. The maximum Gasteiger partial charge on any atom is 0.237 e. The molecule has 1 amide bonds. The van der Waals surface area contributed by atoms with Gasteiger partial charge in [0.05, 0.1) is 6.04 Å². The van der Waals surface area contributed by atoms with Crippen LogP contribution in [0.2, 0.25) is 0 Å². The highest BCUT2D eigenvalue weighted by molar-refractivity contribution is 5.82. The Morgan fingerprint density at radius 3 is 2.65 bits per heavy atom. The molecule has 0 aromatic heterocycles. The van der Waals surface area contributed by atoms with E-state index in [-0.39, 0.29) is 23.9 Å². The quantitative estimate of drug-likeness (QED) is 0.721. The number of alkyl halides is 1. The second-order valence-electron chi connectivity index (χ2n) is 9.45. The molecule has 2 aliphatic heterocycles. The lowest BCUT2D eigenvalue weighted by atomic mass is 9.75. The highest BCUT2D eigenvalue weighted by Gasteiger charge is 2.46. The molecule has 4 fully saturated rings. The van der Waals surface area contributed by atoms with Crippen LogP contribution in [-0.4, -0.2) is 43.3 Å². The summed E-state index contributed by atoms with van der Waals surface area (Å²) in [5, 5.41) is 10.3. The maximum atomic E-state index is 14.3. The summed E-state index contributed by atoms with van der Waals surface area (Å²) < 4.78 is 14.3. The van der Waals surface area contributed by atoms with Gasteiger partial charge in [-0.15, -0.1) is 0 Å². The zero-order chi connectivity index (χ0) is 18.1. The minimum atomic E-state index is -0.737. The number of rotatable bonds is 3. The molecule has 5 heteroatoms. The summed E-state index contributed by atoms with van der Waals surface area (Å²) in [5.41, 5.74) is 0. The predicted octanol–water partition coefficient (Wildman–Crippen LogP) is 2.78. The van der Waals surface area contributed by atoms with E-state index in [1.165, 1.54) is 25.7 Å². The Morgan fingerprint density at radius 2 is 1.88 bits per heavy atom. The van der Waals surface area contributed by atoms with Crippen LogP contribution in [0.25, 0.3) is 0 Å². The van der Waals surface area contributed by atoms with Crippen LogP contribution in [0.4, 0.5) is 4.39 Å². The first-order chi connectivity index (χ1) is 12.6. The van der Waals surface area contributed by atoms with Gasteiger partial charge in [-0.25, -0.2) is 4.39 Å². The summed E-state index contributed by atoms with van der Waals surface area (Å²) >= 11 is 0. The van der Waals surface area contributed by atoms with Crippen LogP contribution in [-0.2, 0) is 4.79 Å². The van der Waals surface area contributed by atoms with Crippen LogP contribution in [0.1, 0.15) is 64.7 Å². The Kier molecular flexibility index (Phi) is 5.84. The number of halogens is 1. The SMILES string of the molecule is CC1CCC(F)C2CC(C(=O)N[C@@H]3CCC[C@H](C4CCCNC4)C3)NC12. The number of nitrogens with one attached hydrogen (secondary N) is 3. The molecule has 8 atom stereocenters. The zero-order valence-electron chi connectivity index (χ0n) is 16.2. The van der Waals surface area contributed by atoms with Crippen molar-refractivity contribution in [3.05, 3.63) is 0 Å². The van der Waals surface area contributed by atoms with Gasteiger partial charge in [0.25, 0.3) is 0 Å². The average Bonchev–Trinajstić information content (AvgIpc) is 3.13. The molecule has 0 aromatic rings. The zero-order valence-corrected chi connectivity index (χ0v) is 16.2. The lowest BCUT2D eigenvalue weighted by molar-refractivity contribution is -0.124. The second-order valence-corrected chi connectivity index (χ2v) is 9.45. The molecule has 2 saturated heterocycles. The van der Waals surface area contributed by atoms with Crippen molar-refractivity contribution in [2.24, 2.45) is 23.7 Å². The van der Waals surface area contributed by atoms with Gasteiger partial charge in [0.15, 0.2) is 0 Å². The highest BCUT2D eigenvalue weighted by atomic mass is 19.1. The van der Waals surface area contributed by atoms with E-state index in [0.29, 0.717) is 24.8 Å². The first-order valence-corrected chi connectivity index (χ1v) is 11.0. The molecule has 0 aromatic carbocycles. The molecule has 3 N–H and O–H groups in total. The van der Waals surface area contributed by atoms with Gasteiger partial charge in [-0.05, 0) is 82.2 Å². The molecule has 148 valence electrons. The minimum absolute atomic E-state index is 0.0296. The summed E-state index contributed by atoms with van der Waals surface area (Å²) in [6.07, 6.45) is 8.91. The van der Waals surface area contributed by atoms with E-state index in [9.17, 15) is 9.18 Å². The summed E-state index contributed by atoms with van der Waals surface area (Å²) in [6, 6.07) is 0.300. The van der Waals surface area contributed by atoms with E-state index in [4.69, 9.17) is 0 Å².